The van der Waals surface area contributed by atoms with Crippen LogP contribution in [-0.2, 0) is 9.59 Å². The van der Waals surface area contributed by atoms with Crippen LogP contribution in [-0.4, -0.2) is 49.4 Å². The second-order valence-corrected chi connectivity index (χ2v) is 4.09. The fourth-order valence-corrected chi connectivity index (χ4v) is 1.00. The normalized spacial score (nSPS) is 10.6. The molecule has 0 saturated heterocycles. The lowest BCUT2D eigenvalue weighted by Gasteiger charge is -2.20. The Labute approximate surface area is 97.6 Å². The first-order chi connectivity index (χ1) is 7.49. The number of nitrogens with one attached hydrogen (secondary N) is 2. The van der Waals surface area contributed by atoms with Gasteiger partial charge in [-0.05, 0) is 27.3 Å². The van der Waals surface area contributed by atoms with E-state index in [-0.39, 0.29) is 0 Å². The van der Waals surface area contributed by atoms with Crippen molar-refractivity contribution < 1.29 is 9.59 Å². The molecule has 0 radical (unpaired) electrons. The van der Waals surface area contributed by atoms with Crippen molar-refractivity contribution in [2.75, 3.05) is 26.7 Å². The highest BCUT2D eigenvalue weighted by Gasteiger charge is 2.11. The SMILES string of the molecule is CCCNC(=O)C(=O)NCCN(C)C(C)C. The molecule has 0 aliphatic heterocycles. The molecule has 0 saturated carbocycles. The van der Waals surface area contributed by atoms with E-state index in [0.717, 1.165) is 13.0 Å². The topological polar surface area (TPSA) is 61.4 Å². The summed E-state index contributed by atoms with van der Waals surface area (Å²) in [6.07, 6.45) is 0.828. The molecule has 0 unspecified atom stereocenters. The summed E-state index contributed by atoms with van der Waals surface area (Å²) in [4.78, 5) is 24.5. The number of likely N-dealkylation sites (N-methyl/N-ethyl adjacent to an activating group) is 1. The molecule has 16 heavy (non-hydrogen) atoms. The molecule has 2 amide bonds. The molecule has 5 nitrogen and oxygen atoms in total. The fraction of sp³-hybridized carbons (Fsp3) is 0.818. The third-order valence-electron chi connectivity index (χ3n) is 2.37. The molecule has 0 heterocycles. The summed E-state index contributed by atoms with van der Waals surface area (Å²) in [5.74, 6) is -1.10. The smallest absolute Gasteiger partial charge is 0.309 e. The minimum Gasteiger partial charge on any atom is -0.348 e. The van der Waals surface area contributed by atoms with Crippen molar-refractivity contribution in [3.8, 4) is 0 Å². The second-order valence-electron chi connectivity index (χ2n) is 4.09. The first-order valence-corrected chi connectivity index (χ1v) is 5.75. The van der Waals surface area contributed by atoms with Crippen LogP contribution in [0.5, 0.6) is 0 Å². The lowest BCUT2D eigenvalue weighted by atomic mass is 10.3. The molecule has 0 spiro atoms. The minimum absolute atomic E-state index is 0.436. The number of hydrogen-bond acceptors (Lipinski definition) is 3. The van der Waals surface area contributed by atoms with Crippen molar-refractivity contribution in [2.45, 2.75) is 33.2 Å². The van der Waals surface area contributed by atoms with E-state index in [1.165, 1.54) is 0 Å². The number of carbonyl (C=O) groups is 2. The number of amides is 2. The summed E-state index contributed by atoms with van der Waals surface area (Å²) in [7, 11) is 1.98. The van der Waals surface area contributed by atoms with E-state index in [4.69, 9.17) is 0 Å². The van der Waals surface area contributed by atoms with E-state index >= 15 is 0 Å². The van der Waals surface area contributed by atoms with Crippen molar-refractivity contribution in [3.05, 3.63) is 0 Å². The van der Waals surface area contributed by atoms with Crippen LogP contribution in [0.2, 0.25) is 0 Å². The predicted octanol–water partition coefficient (Wildman–Crippen LogP) is -0.0310. The largest absolute Gasteiger partial charge is 0.348 e. The second kappa shape index (κ2) is 8.10. The average Bonchev–Trinajstić information content (AvgIpc) is 2.25. The van der Waals surface area contributed by atoms with Crippen molar-refractivity contribution in [3.63, 3.8) is 0 Å². The Hall–Kier alpha value is -1.10. The Morgan fingerprint density at radius 2 is 1.62 bits per heavy atom. The van der Waals surface area contributed by atoms with Crippen LogP contribution < -0.4 is 10.6 Å². The van der Waals surface area contributed by atoms with E-state index < -0.39 is 11.8 Å². The maximum Gasteiger partial charge on any atom is 0.309 e. The number of nitrogens with zero attached hydrogens (tertiary/aromatic N) is 1. The van der Waals surface area contributed by atoms with E-state index in [9.17, 15) is 9.59 Å². The van der Waals surface area contributed by atoms with Gasteiger partial charge in [0.25, 0.3) is 0 Å². The van der Waals surface area contributed by atoms with E-state index in [1.54, 1.807) is 0 Å². The standard InChI is InChI=1S/C11H23N3O2/c1-5-6-12-10(15)11(16)13-7-8-14(4)9(2)3/h9H,5-8H2,1-4H3,(H,12,15)(H,13,16). The van der Waals surface area contributed by atoms with E-state index in [0.29, 0.717) is 19.1 Å². The molecule has 0 aromatic heterocycles. The van der Waals surface area contributed by atoms with E-state index in [2.05, 4.69) is 29.4 Å². The molecule has 0 aliphatic rings. The van der Waals surface area contributed by atoms with Crippen LogP contribution in [0.4, 0.5) is 0 Å². The fourth-order valence-electron chi connectivity index (χ4n) is 1.00. The number of hydrogen-bond donors (Lipinski definition) is 2. The van der Waals surface area contributed by atoms with Crippen molar-refractivity contribution in [2.24, 2.45) is 0 Å². The zero-order valence-electron chi connectivity index (χ0n) is 10.7. The molecule has 5 heteroatoms. The van der Waals surface area contributed by atoms with Gasteiger partial charge in [-0.15, -0.1) is 0 Å². The number of rotatable bonds is 6. The van der Waals surface area contributed by atoms with E-state index in [1.807, 2.05) is 14.0 Å². The maximum atomic E-state index is 11.3. The van der Waals surface area contributed by atoms with Gasteiger partial charge < -0.3 is 15.5 Å². The first kappa shape index (κ1) is 14.9. The van der Waals surface area contributed by atoms with Gasteiger partial charge in [-0.2, -0.15) is 0 Å². The molecule has 0 atom stereocenters. The van der Waals surface area contributed by atoms with Crippen molar-refractivity contribution >= 4 is 11.8 Å². The van der Waals surface area contributed by atoms with Crippen LogP contribution in [0, 0.1) is 0 Å². The molecule has 2 N–H and O–H groups in total. The van der Waals surface area contributed by atoms with Crippen LogP contribution in [0.3, 0.4) is 0 Å². The number of carbonyl (C=O) groups excluding carboxylic acids is 2. The predicted molar refractivity (Wildman–Crippen MR) is 64.1 cm³/mol. The molecule has 0 aromatic rings. The summed E-state index contributed by atoms with van der Waals surface area (Å²) in [5, 5.41) is 5.11. The Morgan fingerprint density at radius 1 is 1.12 bits per heavy atom. The highest BCUT2D eigenvalue weighted by atomic mass is 16.2. The summed E-state index contributed by atoms with van der Waals surface area (Å²) in [5.41, 5.74) is 0. The summed E-state index contributed by atoms with van der Waals surface area (Å²) in [6, 6.07) is 0.436. The van der Waals surface area contributed by atoms with Gasteiger partial charge in [0, 0.05) is 25.7 Å². The molecular weight excluding hydrogens is 206 g/mol. The van der Waals surface area contributed by atoms with Gasteiger partial charge in [0.05, 0.1) is 0 Å². The molecule has 0 rings (SSSR count). The van der Waals surface area contributed by atoms with Gasteiger partial charge in [-0.3, -0.25) is 9.59 Å². The molecule has 0 aliphatic carbocycles. The van der Waals surface area contributed by atoms with Gasteiger partial charge >= 0.3 is 11.8 Å². The Bertz CT molecular complexity index is 229. The van der Waals surface area contributed by atoms with Crippen LogP contribution >= 0.6 is 0 Å². The summed E-state index contributed by atoms with van der Waals surface area (Å²) >= 11 is 0. The van der Waals surface area contributed by atoms with Crippen LogP contribution in [0.1, 0.15) is 27.2 Å². The van der Waals surface area contributed by atoms with Gasteiger partial charge in [0.15, 0.2) is 0 Å². The highest BCUT2D eigenvalue weighted by molar-refractivity contribution is 6.35. The van der Waals surface area contributed by atoms with Crippen molar-refractivity contribution in [1.82, 2.24) is 15.5 Å². The molecular formula is C11H23N3O2. The quantitative estimate of drug-likeness (QED) is 0.629. The molecule has 94 valence electrons. The van der Waals surface area contributed by atoms with Crippen molar-refractivity contribution in [1.29, 1.82) is 0 Å². The Kier molecular flexibility index (Phi) is 7.54. The summed E-state index contributed by atoms with van der Waals surface area (Å²) in [6.45, 7) is 7.87. The van der Waals surface area contributed by atoms with Gasteiger partial charge in [0.2, 0.25) is 0 Å². The third-order valence-corrected chi connectivity index (χ3v) is 2.37. The zero-order valence-corrected chi connectivity index (χ0v) is 10.7. The van der Waals surface area contributed by atoms with Gasteiger partial charge in [0.1, 0.15) is 0 Å². The Morgan fingerprint density at radius 3 is 2.06 bits per heavy atom. The zero-order chi connectivity index (χ0) is 12.6. The van der Waals surface area contributed by atoms with Gasteiger partial charge in [-0.25, -0.2) is 0 Å². The summed E-state index contributed by atoms with van der Waals surface area (Å²) < 4.78 is 0. The lowest BCUT2D eigenvalue weighted by molar-refractivity contribution is -0.139. The average molecular weight is 229 g/mol. The molecule has 0 fully saturated rings. The minimum atomic E-state index is -0.550. The molecule has 0 aromatic carbocycles. The molecule has 0 bridgehead atoms. The first-order valence-electron chi connectivity index (χ1n) is 5.75. The highest BCUT2D eigenvalue weighted by Crippen LogP contribution is 1.90. The van der Waals surface area contributed by atoms with Crippen LogP contribution in [0.15, 0.2) is 0 Å². The monoisotopic (exact) mass is 229 g/mol. The van der Waals surface area contributed by atoms with Gasteiger partial charge in [-0.1, -0.05) is 6.92 Å². The Balaban J connectivity index is 3.69. The third kappa shape index (κ3) is 6.40. The van der Waals surface area contributed by atoms with Crippen LogP contribution in [0.25, 0.3) is 0 Å². The maximum absolute atomic E-state index is 11.3. The lowest BCUT2D eigenvalue weighted by Crippen LogP contribution is -2.43.